The van der Waals surface area contributed by atoms with Crippen LogP contribution in [0.1, 0.15) is 15.9 Å². The fourth-order valence-electron chi connectivity index (χ4n) is 2.40. The van der Waals surface area contributed by atoms with E-state index in [0.29, 0.717) is 21.3 Å². The van der Waals surface area contributed by atoms with Crippen LogP contribution in [-0.2, 0) is 4.79 Å². The Kier molecular flexibility index (Phi) is 5.18. The van der Waals surface area contributed by atoms with E-state index in [1.165, 1.54) is 42.0 Å². The summed E-state index contributed by atoms with van der Waals surface area (Å²) in [5.41, 5.74) is 1.22. The summed E-state index contributed by atoms with van der Waals surface area (Å²) in [5.74, 6) is -1.31. The summed E-state index contributed by atoms with van der Waals surface area (Å²) in [7, 11) is 3.00. The average molecular weight is 383 g/mol. The van der Waals surface area contributed by atoms with Crippen LogP contribution in [0.4, 0.5) is 5.69 Å². The molecule has 0 aromatic heterocycles. The van der Waals surface area contributed by atoms with Gasteiger partial charge in [-0.25, -0.2) is 9.79 Å². The van der Waals surface area contributed by atoms with Crippen LogP contribution in [0.2, 0.25) is 0 Å². The fraction of sp³-hybridized carbons (Fsp3) is 0.105. The van der Waals surface area contributed by atoms with E-state index in [-0.39, 0.29) is 23.0 Å². The van der Waals surface area contributed by atoms with Crippen molar-refractivity contribution in [2.24, 2.45) is 4.99 Å². The number of aliphatic imine (C=N–C) groups is 1. The van der Waals surface area contributed by atoms with E-state index in [0.717, 1.165) is 0 Å². The van der Waals surface area contributed by atoms with E-state index in [4.69, 9.17) is 9.84 Å². The summed E-state index contributed by atoms with van der Waals surface area (Å²) in [6.07, 6.45) is 1.65. The van der Waals surface area contributed by atoms with Gasteiger partial charge in [-0.2, -0.15) is 0 Å². The molecule has 1 heterocycles. The molecule has 0 aliphatic carbocycles. The quantitative estimate of drug-likeness (QED) is 0.815. The van der Waals surface area contributed by atoms with Gasteiger partial charge in [-0.15, -0.1) is 0 Å². The van der Waals surface area contributed by atoms with Gasteiger partial charge >= 0.3 is 5.97 Å². The largest absolute Gasteiger partial charge is 0.870 e. The van der Waals surface area contributed by atoms with Gasteiger partial charge in [-0.1, -0.05) is 23.9 Å². The molecule has 0 atom stereocenters. The van der Waals surface area contributed by atoms with Gasteiger partial charge in [0.1, 0.15) is 5.75 Å². The number of hydrogen-bond donors (Lipinski definition) is 1. The fourth-order valence-corrected chi connectivity index (χ4v) is 3.38. The van der Waals surface area contributed by atoms with Crippen LogP contribution in [0.5, 0.6) is 11.5 Å². The van der Waals surface area contributed by atoms with Crippen molar-refractivity contribution in [1.29, 1.82) is 0 Å². The van der Waals surface area contributed by atoms with Crippen LogP contribution in [0.3, 0.4) is 0 Å². The molecule has 0 unspecified atom stereocenters. The van der Waals surface area contributed by atoms with Crippen molar-refractivity contribution in [3.63, 3.8) is 0 Å². The average Bonchev–Trinajstić information content (AvgIpc) is 2.91. The van der Waals surface area contributed by atoms with Crippen LogP contribution < -0.4 is 9.84 Å². The minimum absolute atomic E-state index is 0.120. The van der Waals surface area contributed by atoms with Gasteiger partial charge in [-0.3, -0.25) is 9.69 Å². The number of rotatable bonds is 4. The second-order valence-electron chi connectivity index (χ2n) is 5.63. The first-order valence-corrected chi connectivity index (χ1v) is 8.65. The number of thioether (sulfide) groups is 1. The summed E-state index contributed by atoms with van der Waals surface area (Å²) >= 11 is 1.17. The molecule has 3 rings (SSSR count). The first-order chi connectivity index (χ1) is 12.9. The molecule has 1 saturated heterocycles. The molecule has 27 heavy (non-hydrogen) atoms. The minimum atomic E-state index is -1.04. The van der Waals surface area contributed by atoms with E-state index in [1.54, 1.807) is 37.4 Å². The first kappa shape index (κ1) is 18.5. The zero-order valence-electron chi connectivity index (χ0n) is 14.5. The number of aromatic carboxylic acids is 1. The lowest BCUT2D eigenvalue weighted by Gasteiger charge is -2.12. The van der Waals surface area contributed by atoms with Crippen LogP contribution in [-0.4, -0.2) is 41.2 Å². The Morgan fingerprint density at radius 2 is 2.07 bits per heavy atom. The molecule has 2 aromatic carbocycles. The number of benzene rings is 2. The van der Waals surface area contributed by atoms with Crippen LogP contribution in [0.15, 0.2) is 52.4 Å². The molecule has 0 spiro atoms. The molecule has 1 N–H and O–H groups in total. The van der Waals surface area contributed by atoms with E-state index in [9.17, 15) is 14.7 Å². The molecule has 0 radical (unpaired) electrons. The van der Waals surface area contributed by atoms with Gasteiger partial charge < -0.3 is 14.9 Å². The zero-order valence-corrected chi connectivity index (χ0v) is 15.3. The normalized spacial score (nSPS) is 17.0. The van der Waals surface area contributed by atoms with Crippen molar-refractivity contribution >= 4 is 40.6 Å². The first-order valence-electron chi connectivity index (χ1n) is 7.83. The second-order valence-corrected chi connectivity index (χ2v) is 6.64. The number of carboxylic acid groups (broad SMARTS) is 1. The van der Waals surface area contributed by atoms with Gasteiger partial charge in [-0.05, 0) is 47.7 Å². The number of amides is 1. The number of likely N-dealkylation sites (N-methyl/N-ethyl adjacent to an activating group) is 1. The molecule has 7 nitrogen and oxygen atoms in total. The molecular weight excluding hydrogens is 368 g/mol. The molecule has 1 aliphatic rings. The monoisotopic (exact) mass is 383 g/mol. The van der Waals surface area contributed by atoms with Gasteiger partial charge in [0.05, 0.1) is 23.3 Å². The summed E-state index contributed by atoms with van der Waals surface area (Å²) in [6.45, 7) is 0. The molecule has 2 aromatic rings. The number of amidine groups is 1. The molecule has 0 bridgehead atoms. The molecule has 1 fully saturated rings. The lowest BCUT2D eigenvalue weighted by atomic mass is 10.2. The van der Waals surface area contributed by atoms with Crippen molar-refractivity contribution < 1.29 is 24.5 Å². The smallest absolute Gasteiger partial charge is 0.335 e. The molecule has 1 amide bonds. The zero-order chi connectivity index (χ0) is 19.6. The Hall–Kier alpha value is -3.26. The SMILES string of the molecule is COc1cc(/C=C2\SC(=Nc3cccc(C(=O)O)c3)N(C)C2=O)ccc1[O-]. The van der Waals surface area contributed by atoms with Gasteiger partial charge in [0.2, 0.25) is 0 Å². The van der Waals surface area contributed by atoms with Crippen LogP contribution in [0.25, 0.3) is 6.08 Å². The van der Waals surface area contributed by atoms with Crippen molar-refractivity contribution in [1.82, 2.24) is 4.90 Å². The van der Waals surface area contributed by atoms with E-state index < -0.39 is 5.97 Å². The van der Waals surface area contributed by atoms with Crippen LogP contribution in [0, 0.1) is 0 Å². The third-order valence-electron chi connectivity index (χ3n) is 3.81. The van der Waals surface area contributed by atoms with Gasteiger partial charge in [0.15, 0.2) is 5.17 Å². The highest BCUT2D eigenvalue weighted by Crippen LogP contribution is 2.34. The van der Waals surface area contributed by atoms with E-state index in [1.807, 2.05) is 0 Å². The van der Waals surface area contributed by atoms with Crippen molar-refractivity contribution in [3.05, 3.63) is 58.5 Å². The number of methoxy groups -OCH3 is 1. The number of hydrogen-bond acceptors (Lipinski definition) is 6. The number of carbonyl (C=O) groups excluding carboxylic acids is 1. The van der Waals surface area contributed by atoms with Crippen molar-refractivity contribution in [2.75, 3.05) is 14.2 Å². The summed E-state index contributed by atoms with van der Waals surface area (Å²) in [5, 5.41) is 21.1. The third kappa shape index (κ3) is 3.95. The number of carboxylic acids is 1. The van der Waals surface area contributed by atoms with E-state index >= 15 is 0 Å². The predicted molar refractivity (Wildman–Crippen MR) is 101 cm³/mol. The van der Waals surface area contributed by atoms with Crippen molar-refractivity contribution in [3.8, 4) is 11.5 Å². The molecule has 8 heteroatoms. The Morgan fingerprint density at radius 3 is 2.78 bits per heavy atom. The lowest BCUT2D eigenvalue weighted by Crippen LogP contribution is -2.23. The highest BCUT2D eigenvalue weighted by molar-refractivity contribution is 8.18. The standard InChI is InChI=1S/C19H16N2O5S/c1-21-17(23)16(9-11-6-7-14(22)15(8-11)26-2)27-19(21)20-13-5-3-4-12(10-13)18(24)25/h3-10,22H,1-2H3,(H,24,25)/p-1/b16-9-,20-19?. The Labute approximate surface area is 159 Å². The number of carbonyl (C=O) groups is 2. The van der Waals surface area contributed by atoms with Crippen molar-refractivity contribution in [2.45, 2.75) is 0 Å². The number of nitrogens with zero attached hydrogens (tertiary/aromatic N) is 2. The summed E-state index contributed by atoms with van der Waals surface area (Å²) < 4.78 is 5.01. The molecule has 138 valence electrons. The molecule has 0 saturated carbocycles. The highest BCUT2D eigenvalue weighted by atomic mass is 32.2. The number of ether oxygens (including phenoxy) is 1. The maximum absolute atomic E-state index is 12.5. The Balaban J connectivity index is 1.91. The van der Waals surface area contributed by atoms with Gasteiger partial charge in [0.25, 0.3) is 5.91 Å². The van der Waals surface area contributed by atoms with E-state index in [2.05, 4.69) is 4.99 Å². The van der Waals surface area contributed by atoms with Crippen LogP contribution >= 0.6 is 11.8 Å². The minimum Gasteiger partial charge on any atom is -0.870 e. The topological polar surface area (TPSA) is 102 Å². The maximum atomic E-state index is 12.5. The Morgan fingerprint density at radius 1 is 1.30 bits per heavy atom. The third-order valence-corrected chi connectivity index (χ3v) is 4.87. The highest BCUT2D eigenvalue weighted by Gasteiger charge is 2.30. The van der Waals surface area contributed by atoms with Gasteiger partial charge in [0, 0.05) is 7.05 Å². The maximum Gasteiger partial charge on any atom is 0.335 e. The summed E-state index contributed by atoms with van der Waals surface area (Å²) in [4.78, 5) is 29.8. The lowest BCUT2D eigenvalue weighted by molar-refractivity contribution is -0.270. The Bertz CT molecular complexity index is 984. The molecule has 1 aliphatic heterocycles. The second kappa shape index (κ2) is 7.55. The predicted octanol–water partition coefficient (Wildman–Crippen LogP) is 2.70. The summed E-state index contributed by atoms with van der Waals surface area (Å²) in [6, 6.07) is 10.7. The molecular formula is C19H15N2O5S-.